The van der Waals surface area contributed by atoms with Gasteiger partial charge in [-0.2, -0.15) is 18.4 Å². The first-order chi connectivity index (χ1) is 11.6. The third kappa shape index (κ3) is 12.4. The molecule has 0 fully saturated rings. The SMILES string of the molecule is CC.CC.CNc1ccc(C#N)c(C(F)(F)F)c1.C[C@@](O)(C=O)CBr. The Morgan fingerprint density at radius 3 is 2.00 bits per heavy atom. The number of benzene rings is 1. The topological polar surface area (TPSA) is 73.1 Å². The molecule has 1 atom stereocenters. The van der Waals surface area contributed by atoms with Crippen LogP contribution in [-0.2, 0) is 11.0 Å². The highest BCUT2D eigenvalue weighted by Crippen LogP contribution is 2.33. The maximum absolute atomic E-state index is 12.4. The van der Waals surface area contributed by atoms with E-state index in [1.54, 1.807) is 0 Å². The fourth-order valence-electron chi connectivity index (χ4n) is 1.06. The summed E-state index contributed by atoms with van der Waals surface area (Å²) in [5.41, 5.74) is -2.13. The van der Waals surface area contributed by atoms with E-state index in [2.05, 4.69) is 21.2 Å². The summed E-state index contributed by atoms with van der Waals surface area (Å²) in [5.74, 6) is 0. The van der Waals surface area contributed by atoms with Crippen LogP contribution in [-0.4, -0.2) is 29.4 Å². The lowest BCUT2D eigenvalue weighted by Crippen LogP contribution is -2.27. The van der Waals surface area contributed by atoms with Crippen LogP contribution in [0, 0.1) is 11.3 Å². The maximum atomic E-state index is 12.4. The van der Waals surface area contributed by atoms with Crippen LogP contribution in [0.25, 0.3) is 0 Å². The molecular weight excluding hydrogens is 401 g/mol. The molecule has 1 aromatic carbocycles. The third-order valence-corrected chi connectivity index (χ3v) is 3.39. The smallest absolute Gasteiger partial charge is 0.388 e. The van der Waals surface area contributed by atoms with Crippen LogP contribution in [0.15, 0.2) is 18.2 Å². The predicted molar refractivity (Wildman–Crippen MR) is 98.9 cm³/mol. The second-order valence-corrected chi connectivity index (χ2v) is 4.79. The average molecular weight is 427 g/mol. The van der Waals surface area contributed by atoms with E-state index in [0.717, 1.165) is 12.1 Å². The molecular formula is C17H26BrF3N2O2. The number of hydrogen-bond donors (Lipinski definition) is 2. The van der Waals surface area contributed by atoms with E-state index in [9.17, 15) is 18.0 Å². The number of aldehydes is 1. The summed E-state index contributed by atoms with van der Waals surface area (Å²) in [6.07, 6.45) is -3.99. The molecule has 0 amide bonds. The van der Waals surface area contributed by atoms with Gasteiger partial charge in [0.1, 0.15) is 5.60 Å². The Morgan fingerprint density at radius 1 is 1.28 bits per heavy atom. The molecule has 0 bridgehead atoms. The molecule has 1 aromatic rings. The molecule has 0 heterocycles. The molecule has 25 heavy (non-hydrogen) atoms. The van der Waals surface area contributed by atoms with Gasteiger partial charge >= 0.3 is 6.18 Å². The zero-order valence-electron chi connectivity index (χ0n) is 15.3. The largest absolute Gasteiger partial charge is 0.417 e. The molecule has 8 heteroatoms. The number of nitrogens with one attached hydrogen (secondary N) is 1. The van der Waals surface area contributed by atoms with Crippen molar-refractivity contribution in [3.8, 4) is 6.07 Å². The van der Waals surface area contributed by atoms with Crippen LogP contribution in [0.2, 0.25) is 0 Å². The van der Waals surface area contributed by atoms with Crippen molar-refractivity contribution in [1.29, 1.82) is 5.26 Å². The van der Waals surface area contributed by atoms with E-state index in [1.165, 1.54) is 26.1 Å². The number of nitriles is 1. The fourth-order valence-corrected chi connectivity index (χ4v) is 1.20. The highest BCUT2D eigenvalue weighted by molar-refractivity contribution is 9.09. The maximum Gasteiger partial charge on any atom is 0.417 e. The Labute approximate surface area is 156 Å². The van der Waals surface area contributed by atoms with Gasteiger partial charge in [-0.05, 0) is 25.1 Å². The average Bonchev–Trinajstić information content (AvgIpc) is 2.64. The minimum Gasteiger partial charge on any atom is -0.388 e. The Hall–Kier alpha value is -1.59. The van der Waals surface area contributed by atoms with Gasteiger partial charge in [0.2, 0.25) is 0 Å². The van der Waals surface area contributed by atoms with Gasteiger partial charge in [0.05, 0.1) is 17.2 Å². The second kappa shape index (κ2) is 14.7. The number of alkyl halides is 4. The minimum absolute atomic E-state index is 0.295. The highest BCUT2D eigenvalue weighted by Gasteiger charge is 2.33. The first-order valence-corrected chi connectivity index (χ1v) is 8.77. The molecule has 144 valence electrons. The van der Waals surface area contributed by atoms with E-state index < -0.39 is 17.3 Å². The van der Waals surface area contributed by atoms with Crippen LogP contribution in [0.5, 0.6) is 0 Å². The summed E-state index contributed by atoms with van der Waals surface area (Å²) in [6.45, 7) is 9.44. The van der Waals surface area contributed by atoms with Gasteiger partial charge in [-0.3, -0.25) is 0 Å². The summed E-state index contributed by atoms with van der Waals surface area (Å²) in [6, 6.07) is 4.99. The number of hydrogen-bond acceptors (Lipinski definition) is 4. The van der Waals surface area contributed by atoms with E-state index in [0.29, 0.717) is 17.3 Å². The molecule has 1 rings (SSSR count). The Bertz CT molecular complexity index is 528. The van der Waals surface area contributed by atoms with Gasteiger partial charge in [0, 0.05) is 18.1 Å². The first-order valence-electron chi connectivity index (χ1n) is 7.65. The van der Waals surface area contributed by atoms with Crippen molar-refractivity contribution < 1.29 is 23.1 Å². The van der Waals surface area contributed by atoms with Crippen molar-refractivity contribution >= 4 is 27.9 Å². The minimum atomic E-state index is -4.49. The number of halogens is 4. The molecule has 0 aliphatic carbocycles. The van der Waals surface area contributed by atoms with Gasteiger partial charge in [-0.25, -0.2) is 0 Å². The molecule has 4 nitrogen and oxygen atoms in total. The second-order valence-electron chi connectivity index (χ2n) is 4.23. The van der Waals surface area contributed by atoms with Crippen molar-refractivity contribution in [2.24, 2.45) is 0 Å². The Morgan fingerprint density at radius 2 is 1.76 bits per heavy atom. The molecule has 0 spiro atoms. The van der Waals surface area contributed by atoms with Crippen molar-refractivity contribution in [2.75, 3.05) is 17.7 Å². The van der Waals surface area contributed by atoms with Crippen LogP contribution in [0.3, 0.4) is 0 Å². The number of carbonyl (C=O) groups is 1. The van der Waals surface area contributed by atoms with Crippen molar-refractivity contribution in [3.05, 3.63) is 29.3 Å². The van der Waals surface area contributed by atoms with E-state index in [-0.39, 0.29) is 5.56 Å². The summed E-state index contributed by atoms with van der Waals surface area (Å²) < 4.78 is 37.1. The third-order valence-electron chi connectivity index (χ3n) is 2.26. The number of rotatable bonds is 3. The summed E-state index contributed by atoms with van der Waals surface area (Å²) in [7, 11) is 1.52. The van der Waals surface area contributed by atoms with Crippen LogP contribution >= 0.6 is 15.9 Å². The monoisotopic (exact) mass is 426 g/mol. The summed E-state index contributed by atoms with van der Waals surface area (Å²) in [4.78, 5) is 9.78. The molecule has 2 N–H and O–H groups in total. The van der Waals surface area contributed by atoms with E-state index in [1.807, 2.05) is 27.7 Å². The molecule has 0 aliphatic rings. The highest BCUT2D eigenvalue weighted by atomic mass is 79.9. The standard InChI is InChI=1S/C9H7F3N2.C4H7BrO2.2C2H6/c1-14-7-3-2-6(5-13)8(4-7)9(10,11)12;1-4(7,2-5)3-6;2*1-2/h2-4,14H,1H3;3,7H,2H2,1H3;2*1-2H3/t;4-;;/m.0../s1. The molecule has 0 unspecified atom stereocenters. The van der Waals surface area contributed by atoms with Gasteiger partial charge < -0.3 is 15.2 Å². The summed E-state index contributed by atoms with van der Waals surface area (Å²) in [5, 5.41) is 20.1. The lowest BCUT2D eigenvalue weighted by Gasteiger charge is -2.10. The van der Waals surface area contributed by atoms with Crippen molar-refractivity contribution in [2.45, 2.75) is 46.4 Å². The number of anilines is 1. The quantitative estimate of drug-likeness (QED) is 0.526. The van der Waals surface area contributed by atoms with Crippen molar-refractivity contribution in [1.82, 2.24) is 0 Å². The fraction of sp³-hybridized carbons (Fsp3) is 0.529. The van der Waals surface area contributed by atoms with Gasteiger partial charge in [-0.15, -0.1) is 0 Å². The van der Waals surface area contributed by atoms with Crippen LogP contribution in [0.4, 0.5) is 18.9 Å². The lowest BCUT2D eigenvalue weighted by molar-refractivity contribution is -0.137. The number of aliphatic hydroxyl groups is 1. The van der Waals surface area contributed by atoms with Crippen LogP contribution < -0.4 is 5.32 Å². The normalized spacial score (nSPS) is 11.6. The number of carbonyl (C=O) groups excluding carboxylic acids is 1. The Kier molecular flexibility index (Phi) is 16.6. The van der Waals surface area contributed by atoms with Gasteiger partial charge in [0.25, 0.3) is 0 Å². The van der Waals surface area contributed by atoms with E-state index in [4.69, 9.17) is 10.4 Å². The first kappa shape index (κ1) is 28.2. The lowest BCUT2D eigenvalue weighted by atomic mass is 10.1. The zero-order valence-corrected chi connectivity index (χ0v) is 16.9. The zero-order chi connectivity index (χ0) is 20.7. The molecule has 0 aliphatic heterocycles. The molecule has 0 saturated carbocycles. The van der Waals surface area contributed by atoms with Crippen LogP contribution in [0.1, 0.15) is 45.7 Å². The van der Waals surface area contributed by atoms with Gasteiger partial charge in [0.15, 0.2) is 6.29 Å². The molecule has 0 radical (unpaired) electrons. The molecule has 0 saturated heterocycles. The van der Waals surface area contributed by atoms with E-state index >= 15 is 0 Å². The number of nitrogens with zero attached hydrogens (tertiary/aromatic N) is 1. The predicted octanol–water partition coefficient (Wildman–Crippen LogP) is 5.00. The van der Waals surface area contributed by atoms with Crippen molar-refractivity contribution in [3.63, 3.8) is 0 Å². The molecule has 0 aromatic heterocycles. The van der Waals surface area contributed by atoms with Gasteiger partial charge in [-0.1, -0.05) is 43.6 Å². The summed E-state index contributed by atoms with van der Waals surface area (Å²) >= 11 is 2.95. The Balaban J connectivity index is -0.000000372.